The lowest BCUT2D eigenvalue weighted by atomic mass is 9.59. The minimum atomic E-state index is -1.19. The number of carbonyl (C=O) groups excluding carboxylic acids is 1. The molecule has 4 aliphatic carbocycles. The molecular formula is C19H24O6. The van der Waals surface area contributed by atoms with E-state index in [-0.39, 0.29) is 5.92 Å². The van der Waals surface area contributed by atoms with E-state index in [4.69, 9.17) is 4.74 Å². The second-order valence-electron chi connectivity index (χ2n) is 9.29. The largest absolute Gasteiger partial charge is 0.481 e. The zero-order valence-corrected chi connectivity index (χ0v) is 14.3. The highest BCUT2D eigenvalue weighted by Crippen LogP contribution is 2.78. The van der Waals surface area contributed by atoms with Crippen LogP contribution in [-0.4, -0.2) is 44.6 Å². The van der Waals surface area contributed by atoms with Crippen LogP contribution >= 0.6 is 0 Å². The lowest BCUT2D eigenvalue weighted by Gasteiger charge is -2.45. The summed E-state index contributed by atoms with van der Waals surface area (Å²) >= 11 is 0. The van der Waals surface area contributed by atoms with E-state index in [1.165, 1.54) is 0 Å². The van der Waals surface area contributed by atoms with Crippen LogP contribution in [0.15, 0.2) is 12.2 Å². The van der Waals surface area contributed by atoms with E-state index in [2.05, 4.69) is 6.58 Å². The van der Waals surface area contributed by atoms with Crippen molar-refractivity contribution in [3.8, 4) is 0 Å². The van der Waals surface area contributed by atoms with Crippen LogP contribution < -0.4 is 0 Å². The molecule has 0 amide bonds. The van der Waals surface area contributed by atoms with Gasteiger partial charge in [0.05, 0.1) is 23.0 Å². The Labute approximate surface area is 145 Å². The molecule has 6 heteroatoms. The summed E-state index contributed by atoms with van der Waals surface area (Å²) in [4.78, 5) is 25.1. The maximum atomic E-state index is 12.7. The standard InChI is InChI=1S/C19H24O6/c1-9-7-17-8-18(9,24)5-3-10(17)19-6-4-11(20)16(2,15(23)25-19)13(19)12(17)14(21)22/h10-13,20,24H,1,3-8H2,2H3,(H,21,22)/t10-,11-,12-,13-,16+,17+,18+,19-/m1/s1. The van der Waals surface area contributed by atoms with Gasteiger partial charge in [-0.1, -0.05) is 6.58 Å². The number of ether oxygens (including phenoxy) is 1. The molecule has 8 atom stereocenters. The van der Waals surface area contributed by atoms with Gasteiger partial charge in [-0.05, 0) is 56.4 Å². The summed E-state index contributed by atoms with van der Waals surface area (Å²) < 4.78 is 5.96. The van der Waals surface area contributed by atoms with Crippen LogP contribution in [0.25, 0.3) is 0 Å². The van der Waals surface area contributed by atoms with Gasteiger partial charge in [-0.3, -0.25) is 9.59 Å². The number of rotatable bonds is 1. The Balaban J connectivity index is 1.76. The first-order valence-electron chi connectivity index (χ1n) is 9.17. The summed E-state index contributed by atoms with van der Waals surface area (Å²) in [5.74, 6) is -2.86. The fraction of sp³-hybridized carbons (Fsp3) is 0.789. The van der Waals surface area contributed by atoms with Crippen molar-refractivity contribution >= 4 is 11.9 Å². The molecule has 0 unspecified atom stereocenters. The number of carbonyl (C=O) groups is 2. The summed E-state index contributed by atoms with van der Waals surface area (Å²) in [6, 6.07) is 0. The van der Waals surface area contributed by atoms with Gasteiger partial charge >= 0.3 is 11.9 Å². The van der Waals surface area contributed by atoms with Gasteiger partial charge in [0.25, 0.3) is 0 Å². The van der Waals surface area contributed by atoms with Crippen LogP contribution in [0, 0.1) is 28.6 Å². The molecule has 0 aromatic rings. The lowest BCUT2D eigenvalue weighted by molar-refractivity contribution is -0.164. The third kappa shape index (κ3) is 1.41. The molecule has 3 N–H and O–H groups in total. The van der Waals surface area contributed by atoms with E-state index in [1.807, 2.05) is 0 Å². The van der Waals surface area contributed by atoms with Gasteiger partial charge < -0.3 is 20.1 Å². The molecule has 1 saturated heterocycles. The van der Waals surface area contributed by atoms with E-state index in [1.54, 1.807) is 6.92 Å². The minimum Gasteiger partial charge on any atom is -0.481 e. The zero-order chi connectivity index (χ0) is 18.0. The maximum absolute atomic E-state index is 12.7. The molecule has 1 heterocycles. The molecule has 4 saturated carbocycles. The fourth-order valence-electron chi connectivity index (χ4n) is 7.65. The topological polar surface area (TPSA) is 104 Å². The predicted octanol–water partition coefficient (Wildman–Crippen LogP) is 1.25. The molecule has 1 spiro atoms. The summed E-state index contributed by atoms with van der Waals surface area (Å²) in [6.07, 6.45) is 2.08. The highest BCUT2D eigenvalue weighted by Gasteiger charge is 2.84. The van der Waals surface area contributed by atoms with Gasteiger partial charge in [0, 0.05) is 11.8 Å². The molecule has 4 bridgehead atoms. The number of carboxylic acids is 1. The SMILES string of the molecule is C=C1C[C@]23C[C@@]1(O)CC[C@H]2[C@@]12CC[C@@H](O)[C@](C)(C(=O)O1)[C@H]2[C@@H]3C(=O)O. The average molecular weight is 348 g/mol. The quantitative estimate of drug-likeness (QED) is 0.487. The molecule has 25 heavy (non-hydrogen) atoms. The van der Waals surface area contributed by atoms with Crippen molar-refractivity contribution in [3.63, 3.8) is 0 Å². The predicted molar refractivity (Wildman–Crippen MR) is 85.3 cm³/mol. The van der Waals surface area contributed by atoms with Crippen molar-refractivity contribution in [2.24, 2.45) is 28.6 Å². The monoisotopic (exact) mass is 348 g/mol. The van der Waals surface area contributed by atoms with Gasteiger partial charge in [0.15, 0.2) is 0 Å². The van der Waals surface area contributed by atoms with E-state index in [9.17, 15) is 24.9 Å². The van der Waals surface area contributed by atoms with E-state index in [0.29, 0.717) is 44.1 Å². The third-order valence-electron chi connectivity index (χ3n) is 8.57. The van der Waals surface area contributed by atoms with E-state index in [0.717, 1.165) is 0 Å². The van der Waals surface area contributed by atoms with Crippen LogP contribution in [0.3, 0.4) is 0 Å². The Morgan fingerprint density at radius 3 is 2.72 bits per heavy atom. The van der Waals surface area contributed by atoms with Gasteiger partial charge in [-0.2, -0.15) is 0 Å². The van der Waals surface area contributed by atoms with Gasteiger partial charge in [0.1, 0.15) is 5.60 Å². The Hall–Kier alpha value is -1.40. The molecule has 0 aromatic heterocycles. The molecule has 6 nitrogen and oxygen atoms in total. The van der Waals surface area contributed by atoms with Crippen molar-refractivity contribution in [2.45, 2.75) is 62.8 Å². The van der Waals surface area contributed by atoms with Gasteiger partial charge in [-0.25, -0.2) is 0 Å². The summed E-state index contributed by atoms with van der Waals surface area (Å²) in [6.45, 7) is 5.71. The van der Waals surface area contributed by atoms with Gasteiger partial charge in [0.2, 0.25) is 0 Å². The minimum absolute atomic E-state index is 0.0936. The van der Waals surface area contributed by atoms with Gasteiger partial charge in [-0.15, -0.1) is 0 Å². The first-order valence-corrected chi connectivity index (χ1v) is 9.17. The molecule has 1 aliphatic heterocycles. The molecule has 136 valence electrons. The number of esters is 1. The Morgan fingerprint density at radius 2 is 2.04 bits per heavy atom. The average Bonchev–Trinajstić information content (AvgIpc) is 2.95. The van der Waals surface area contributed by atoms with Crippen molar-refractivity contribution in [1.29, 1.82) is 0 Å². The summed E-state index contributed by atoms with van der Waals surface area (Å²) in [5.41, 5.74) is -2.93. The number of aliphatic hydroxyl groups is 2. The number of hydrogen-bond donors (Lipinski definition) is 3. The highest BCUT2D eigenvalue weighted by atomic mass is 16.6. The van der Waals surface area contributed by atoms with Crippen LogP contribution in [-0.2, 0) is 14.3 Å². The van der Waals surface area contributed by atoms with Crippen molar-refractivity contribution in [2.75, 3.05) is 0 Å². The number of aliphatic carboxylic acids is 1. The van der Waals surface area contributed by atoms with Crippen molar-refractivity contribution in [3.05, 3.63) is 12.2 Å². The highest BCUT2D eigenvalue weighted by molar-refractivity contribution is 5.85. The van der Waals surface area contributed by atoms with Crippen LogP contribution in [0.1, 0.15) is 45.4 Å². The molecular weight excluding hydrogens is 324 g/mol. The molecule has 0 radical (unpaired) electrons. The summed E-state index contributed by atoms with van der Waals surface area (Å²) in [7, 11) is 0. The van der Waals surface area contributed by atoms with E-state index >= 15 is 0 Å². The first-order chi connectivity index (χ1) is 11.6. The fourth-order valence-corrected chi connectivity index (χ4v) is 7.65. The number of aliphatic hydroxyl groups excluding tert-OH is 1. The molecule has 5 fully saturated rings. The van der Waals surface area contributed by atoms with Crippen molar-refractivity contribution < 1.29 is 29.6 Å². The van der Waals surface area contributed by atoms with Crippen molar-refractivity contribution in [1.82, 2.24) is 0 Å². The van der Waals surface area contributed by atoms with Crippen LogP contribution in [0.5, 0.6) is 0 Å². The lowest BCUT2D eigenvalue weighted by Crippen LogP contribution is -2.53. The number of carboxylic acid groups (broad SMARTS) is 1. The number of fused-ring (bicyclic) bond motifs is 1. The summed E-state index contributed by atoms with van der Waals surface area (Å²) in [5, 5.41) is 31.7. The number of hydrogen-bond acceptors (Lipinski definition) is 5. The first kappa shape index (κ1) is 15.8. The molecule has 5 rings (SSSR count). The third-order valence-corrected chi connectivity index (χ3v) is 8.57. The smallest absolute Gasteiger partial charge is 0.315 e. The van der Waals surface area contributed by atoms with Crippen LogP contribution in [0.4, 0.5) is 0 Å². The molecule has 5 aliphatic rings. The van der Waals surface area contributed by atoms with E-state index < -0.39 is 51.9 Å². The second kappa shape index (κ2) is 4.12. The Kier molecular flexibility index (Phi) is 2.61. The Morgan fingerprint density at radius 1 is 1.32 bits per heavy atom. The Bertz CT molecular complexity index is 731. The normalized spacial score (nSPS) is 58.7. The maximum Gasteiger partial charge on any atom is 0.315 e. The van der Waals surface area contributed by atoms with Crippen LogP contribution in [0.2, 0.25) is 0 Å². The zero-order valence-electron chi connectivity index (χ0n) is 14.3. The second-order valence-corrected chi connectivity index (χ2v) is 9.29. The molecule has 0 aromatic carbocycles.